The maximum atomic E-state index is 12.7. The Morgan fingerprint density at radius 3 is 2.43 bits per heavy atom. The number of nitrogens with one attached hydrogen (secondary N) is 1. The van der Waals surface area contributed by atoms with E-state index in [-0.39, 0.29) is 30.0 Å². The molecule has 8 heteroatoms. The second kappa shape index (κ2) is 6.29. The van der Waals surface area contributed by atoms with E-state index in [1.807, 2.05) is 0 Å². The van der Waals surface area contributed by atoms with Gasteiger partial charge in [-0.3, -0.25) is 0 Å². The van der Waals surface area contributed by atoms with Crippen molar-refractivity contribution in [3.8, 4) is 0 Å². The molecule has 3 aliphatic heterocycles. The number of hydrogen-bond acceptors (Lipinski definition) is 4. The first-order valence-corrected chi connectivity index (χ1v) is 8.88. The Hall–Kier alpha value is 0.0800. The van der Waals surface area contributed by atoms with Crippen LogP contribution in [0.5, 0.6) is 0 Å². The molecule has 0 bridgehead atoms. The number of halogens is 1. The molecule has 0 amide bonds. The average molecular weight is 340 g/mol. The average Bonchev–Trinajstić information content (AvgIpc) is 2.82. The van der Waals surface area contributed by atoms with Crippen LogP contribution in [0.4, 0.5) is 0 Å². The van der Waals surface area contributed by atoms with E-state index in [1.54, 1.807) is 8.61 Å². The standard InChI is InChI=1S/C13H25N3O3S.ClH/c1-13(2)3-6-15(7-4-13)20(17,18)16-9-11-12(10-16)19-8-5-14-11;/h11-12,14H,3-10H2,1-2H3;1H/t11-,12-;/m0./s1. The van der Waals surface area contributed by atoms with Crippen molar-refractivity contribution in [1.82, 2.24) is 13.9 Å². The quantitative estimate of drug-likeness (QED) is 0.793. The summed E-state index contributed by atoms with van der Waals surface area (Å²) in [6.45, 7) is 8.19. The van der Waals surface area contributed by atoms with Crippen molar-refractivity contribution in [2.24, 2.45) is 5.41 Å². The summed E-state index contributed by atoms with van der Waals surface area (Å²) in [5.74, 6) is 0. The van der Waals surface area contributed by atoms with E-state index in [4.69, 9.17) is 4.74 Å². The Bertz CT molecular complexity index is 447. The maximum absolute atomic E-state index is 12.7. The maximum Gasteiger partial charge on any atom is 0.282 e. The van der Waals surface area contributed by atoms with Gasteiger partial charge in [0.15, 0.2) is 0 Å². The lowest BCUT2D eigenvalue weighted by Gasteiger charge is -2.37. The van der Waals surface area contributed by atoms with E-state index >= 15 is 0 Å². The molecule has 3 heterocycles. The molecule has 124 valence electrons. The Balaban J connectivity index is 0.00000161. The minimum Gasteiger partial charge on any atom is -0.374 e. The fourth-order valence-corrected chi connectivity index (χ4v) is 4.89. The van der Waals surface area contributed by atoms with Crippen LogP contribution in [0.25, 0.3) is 0 Å². The zero-order chi connectivity index (χ0) is 14.4. The summed E-state index contributed by atoms with van der Waals surface area (Å²) in [5, 5.41) is 3.35. The fourth-order valence-electron chi connectivity index (χ4n) is 3.23. The highest BCUT2D eigenvalue weighted by Gasteiger charge is 2.43. The third-order valence-electron chi connectivity index (χ3n) is 4.80. The van der Waals surface area contributed by atoms with Crippen LogP contribution in [0.3, 0.4) is 0 Å². The molecule has 3 rings (SSSR count). The lowest BCUT2D eigenvalue weighted by molar-refractivity contribution is 0.0192. The van der Waals surface area contributed by atoms with Crippen LogP contribution in [0.1, 0.15) is 26.7 Å². The Kier molecular flexibility index (Phi) is 5.23. The zero-order valence-corrected chi connectivity index (χ0v) is 14.4. The van der Waals surface area contributed by atoms with Crippen molar-refractivity contribution < 1.29 is 13.2 Å². The van der Waals surface area contributed by atoms with Crippen LogP contribution >= 0.6 is 12.4 Å². The van der Waals surface area contributed by atoms with E-state index in [9.17, 15) is 8.42 Å². The van der Waals surface area contributed by atoms with Crippen molar-refractivity contribution in [3.63, 3.8) is 0 Å². The summed E-state index contributed by atoms with van der Waals surface area (Å²) in [7, 11) is -3.32. The summed E-state index contributed by atoms with van der Waals surface area (Å²) in [6.07, 6.45) is 1.88. The van der Waals surface area contributed by atoms with Crippen LogP contribution in [-0.2, 0) is 14.9 Å². The molecule has 0 unspecified atom stereocenters. The van der Waals surface area contributed by atoms with Gasteiger partial charge in [0, 0.05) is 38.8 Å². The minimum atomic E-state index is -3.32. The number of morpholine rings is 1. The predicted octanol–water partition coefficient (Wildman–Crippen LogP) is 0.448. The van der Waals surface area contributed by atoms with Crippen molar-refractivity contribution in [2.75, 3.05) is 39.3 Å². The van der Waals surface area contributed by atoms with E-state index < -0.39 is 10.2 Å². The first-order valence-electron chi connectivity index (χ1n) is 7.49. The molecular weight excluding hydrogens is 314 g/mol. The molecule has 0 aromatic carbocycles. The highest BCUT2D eigenvalue weighted by molar-refractivity contribution is 7.86. The molecule has 2 atom stereocenters. The van der Waals surface area contributed by atoms with Gasteiger partial charge in [0.2, 0.25) is 0 Å². The first kappa shape index (κ1) is 17.4. The van der Waals surface area contributed by atoms with Gasteiger partial charge in [0.1, 0.15) is 0 Å². The first-order chi connectivity index (χ1) is 9.38. The molecule has 0 spiro atoms. The van der Waals surface area contributed by atoms with Crippen LogP contribution < -0.4 is 5.32 Å². The number of piperidine rings is 1. The molecular formula is C13H26ClN3O3S. The molecule has 0 radical (unpaired) electrons. The second-order valence-corrected chi connectivity index (χ2v) is 8.79. The molecule has 3 aliphatic rings. The molecule has 0 aromatic heterocycles. The van der Waals surface area contributed by atoms with Crippen molar-refractivity contribution in [3.05, 3.63) is 0 Å². The highest BCUT2D eigenvalue weighted by atomic mass is 35.5. The van der Waals surface area contributed by atoms with E-state index in [1.165, 1.54) is 0 Å². The smallest absolute Gasteiger partial charge is 0.282 e. The number of ether oxygens (including phenoxy) is 1. The molecule has 6 nitrogen and oxygen atoms in total. The van der Waals surface area contributed by atoms with E-state index in [2.05, 4.69) is 19.2 Å². The van der Waals surface area contributed by atoms with Gasteiger partial charge in [-0.1, -0.05) is 13.8 Å². The summed E-state index contributed by atoms with van der Waals surface area (Å²) in [4.78, 5) is 0. The van der Waals surface area contributed by atoms with Crippen LogP contribution in [0.2, 0.25) is 0 Å². The van der Waals surface area contributed by atoms with Gasteiger partial charge in [0.05, 0.1) is 12.7 Å². The van der Waals surface area contributed by atoms with Crippen LogP contribution in [0, 0.1) is 5.41 Å². The fraction of sp³-hybridized carbons (Fsp3) is 1.00. The molecule has 0 aliphatic carbocycles. The molecule has 21 heavy (non-hydrogen) atoms. The summed E-state index contributed by atoms with van der Waals surface area (Å²) in [6, 6.07) is 0.153. The van der Waals surface area contributed by atoms with Gasteiger partial charge >= 0.3 is 0 Å². The predicted molar refractivity (Wildman–Crippen MR) is 83.9 cm³/mol. The highest BCUT2D eigenvalue weighted by Crippen LogP contribution is 2.32. The molecule has 0 saturated carbocycles. The van der Waals surface area contributed by atoms with Crippen LogP contribution in [-0.4, -0.2) is 68.5 Å². The molecule has 3 fully saturated rings. The molecule has 3 saturated heterocycles. The summed E-state index contributed by atoms with van der Waals surface area (Å²) in [5.41, 5.74) is 0.260. The normalized spacial score (nSPS) is 34.2. The summed E-state index contributed by atoms with van der Waals surface area (Å²) >= 11 is 0. The lowest BCUT2D eigenvalue weighted by atomic mass is 9.83. The number of fused-ring (bicyclic) bond motifs is 1. The van der Waals surface area contributed by atoms with Gasteiger partial charge in [0.25, 0.3) is 10.2 Å². The topological polar surface area (TPSA) is 61.9 Å². The third-order valence-corrected chi connectivity index (χ3v) is 6.77. The van der Waals surface area contributed by atoms with Gasteiger partial charge in [-0.05, 0) is 18.3 Å². The van der Waals surface area contributed by atoms with Gasteiger partial charge < -0.3 is 10.1 Å². The summed E-state index contributed by atoms with van der Waals surface area (Å²) < 4.78 is 34.3. The van der Waals surface area contributed by atoms with Gasteiger partial charge in [-0.2, -0.15) is 17.0 Å². The lowest BCUT2D eigenvalue weighted by Crippen LogP contribution is -2.48. The van der Waals surface area contributed by atoms with Crippen molar-refractivity contribution in [2.45, 2.75) is 38.8 Å². The van der Waals surface area contributed by atoms with Gasteiger partial charge in [-0.15, -0.1) is 12.4 Å². The molecule has 1 N–H and O–H groups in total. The monoisotopic (exact) mass is 339 g/mol. The number of rotatable bonds is 2. The van der Waals surface area contributed by atoms with Crippen LogP contribution in [0.15, 0.2) is 0 Å². The van der Waals surface area contributed by atoms with E-state index in [0.717, 1.165) is 19.4 Å². The minimum absolute atomic E-state index is 0. The zero-order valence-electron chi connectivity index (χ0n) is 12.7. The largest absolute Gasteiger partial charge is 0.374 e. The van der Waals surface area contributed by atoms with Crippen molar-refractivity contribution >= 4 is 22.6 Å². The Morgan fingerprint density at radius 1 is 1.14 bits per heavy atom. The third kappa shape index (κ3) is 3.54. The van der Waals surface area contributed by atoms with Gasteiger partial charge in [-0.25, -0.2) is 0 Å². The molecule has 0 aromatic rings. The second-order valence-electron chi connectivity index (χ2n) is 6.86. The van der Waals surface area contributed by atoms with Crippen molar-refractivity contribution in [1.29, 1.82) is 0 Å². The number of hydrogen-bond donors (Lipinski definition) is 1. The Labute approximate surface area is 133 Å². The number of nitrogens with zero attached hydrogens (tertiary/aromatic N) is 2. The Morgan fingerprint density at radius 2 is 1.81 bits per heavy atom. The van der Waals surface area contributed by atoms with E-state index in [0.29, 0.717) is 32.8 Å². The SMILES string of the molecule is CC1(C)CCN(S(=O)(=O)N2C[C@@H]3NCCO[C@H]3C2)CC1.Cl.